The number of benzene rings is 1. The second kappa shape index (κ2) is 4.90. The highest BCUT2D eigenvalue weighted by Gasteiger charge is 2.05. The van der Waals surface area contributed by atoms with Crippen molar-refractivity contribution in [2.75, 3.05) is 11.9 Å². The average Bonchev–Trinajstić information content (AvgIpc) is 3.15. The molecular formula is C15H14N6. The van der Waals surface area contributed by atoms with Crippen molar-refractivity contribution in [1.82, 2.24) is 24.5 Å². The zero-order chi connectivity index (χ0) is 14.1. The van der Waals surface area contributed by atoms with Crippen LogP contribution < -0.4 is 5.32 Å². The summed E-state index contributed by atoms with van der Waals surface area (Å²) in [7, 11) is 0. The standard InChI is InChI=1S/C15H14N6/c1-2-4-12-11(3-1)5-7-21(12)8-6-16-14-13-15(18-9-17-13)20-10-19-14/h1-5,7,9-10H,6,8H2,(H2,16,17,18,19,20). The monoisotopic (exact) mass is 278 g/mol. The third-order valence-electron chi connectivity index (χ3n) is 3.55. The Morgan fingerprint density at radius 1 is 1.10 bits per heavy atom. The van der Waals surface area contributed by atoms with Crippen LogP contribution in [-0.2, 0) is 6.54 Å². The van der Waals surface area contributed by atoms with E-state index in [0.717, 1.165) is 24.4 Å². The molecule has 6 nitrogen and oxygen atoms in total. The molecule has 0 amide bonds. The molecule has 0 saturated heterocycles. The van der Waals surface area contributed by atoms with E-state index >= 15 is 0 Å². The minimum Gasteiger partial charge on any atom is -0.366 e. The number of para-hydroxylation sites is 1. The molecule has 1 aromatic carbocycles. The van der Waals surface area contributed by atoms with Gasteiger partial charge in [-0.1, -0.05) is 18.2 Å². The number of fused-ring (bicyclic) bond motifs is 2. The Balaban J connectivity index is 1.51. The molecule has 0 fully saturated rings. The first kappa shape index (κ1) is 11.9. The van der Waals surface area contributed by atoms with Gasteiger partial charge in [0.2, 0.25) is 0 Å². The zero-order valence-electron chi connectivity index (χ0n) is 11.3. The van der Waals surface area contributed by atoms with E-state index in [1.807, 2.05) is 0 Å². The van der Waals surface area contributed by atoms with Crippen molar-refractivity contribution in [1.29, 1.82) is 0 Å². The fraction of sp³-hybridized carbons (Fsp3) is 0.133. The van der Waals surface area contributed by atoms with Gasteiger partial charge in [-0.2, -0.15) is 0 Å². The van der Waals surface area contributed by atoms with E-state index in [4.69, 9.17) is 0 Å². The number of nitrogens with zero attached hydrogens (tertiary/aromatic N) is 4. The van der Waals surface area contributed by atoms with Gasteiger partial charge in [-0.15, -0.1) is 0 Å². The first-order chi connectivity index (χ1) is 10.4. The minimum absolute atomic E-state index is 0.680. The number of aromatic amines is 1. The molecule has 0 bridgehead atoms. The van der Waals surface area contributed by atoms with E-state index in [-0.39, 0.29) is 0 Å². The molecular weight excluding hydrogens is 264 g/mol. The maximum atomic E-state index is 4.26. The number of H-pyrrole nitrogens is 1. The summed E-state index contributed by atoms with van der Waals surface area (Å²) in [5.74, 6) is 0.786. The molecule has 0 atom stereocenters. The Morgan fingerprint density at radius 3 is 3.05 bits per heavy atom. The lowest BCUT2D eigenvalue weighted by atomic mass is 10.2. The van der Waals surface area contributed by atoms with E-state index < -0.39 is 0 Å². The molecule has 0 spiro atoms. The minimum atomic E-state index is 0.680. The Hall–Kier alpha value is -2.89. The summed E-state index contributed by atoms with van der Waals surface area (Å²) >= 11 is 0. The summed E-state index contributed by atoms with van der Waals surface area (Å²) in [6.45, 7) is 1.65. The number of aromatic nitrogens is 5. The maximum Gasteiger partial charge on any atom is 0.182 e. The summed E-state index contributed by atoms with van der Waals surface area (Å²) in [6.07, 6.45) is 5.26. The van der Waals surface area contributed by atoms with Crippen LogP contribution in [0.5, 0.6) is 0 Å². The molecule has 0 radical (unpaired) electrons. The van der Waals surface area contributed by atoms with Gasteiger partial charge in [-0.3, -0.25) is 0 Å². The lowest BCUT2D eigenvalue weighted by Gasteiger charge is -2.08. The fourth-order valence-electron chi connectivity index (χ4n) is 2.53. The van der Waals surface area contributed by atoms with Crippen molar-refractivity contribution < 1.29 is 0 Å². The van der Waals surface area contributed by atoms with Crippen LogP contribution in [-0.4, -0.2) is 31.0 Å². The van der Waals surface area contributed by atoms with Gasteiger partial charge in [-0.25, -0.2) is 15.0 Å². The van der Waals surface area contributed by atoms with Crippen LogP contribution in [0.15, 0.2) is 49.2 Å². The first-order valence-electron chi connectivity index (χ1n) is 6.84. The van der Waals surface area contributed by atoms with Crippen LogP contribution in [0, 0.1) is 0 Å². The van der Waals surface area contributed by atoms with Gasteiger partial charge in [0.05, 0.1) is 6.33 Å². The molecule has 4 rings (SSSR count). The molecule has 0 unspecified atom stereocenters. The van der Waals surface area contributed by atoms with E-state index in [2.05, 4.69) is 66.3 Å². The lowest BCUT2D eigenvalue weighted by molar-refractivity contribution is 0.755. The second-order valence-electron chi connectivity index (χ2n) is 4.82. The van der Waals surface area contributed by atoms with Crippen LogP contribution in [0.4, 0.5) is 5.82 Å². The summed E-state index contributed by atoms with van der Waals surface area (Å²) in [6, 6.07) is 10.5. The van der Waals surface area contributed by atoms with Crippen molar-refractivity contribution >= 4 is 27.9 Å². The van der Waals surface area contributed by atoms with Crippen LogP contribution in [0.3, 0.4) is 0 Å². The predicted molar refractivity (Wildman–Crippen MR) is 82.1 cm³/mol. The molecule has 4 aromatic rings. The summed E-state index contributed by atoms with van der Waals surface area (Å²) in [5, 5.41) is 4.59. The Morgan fingerprint density at radius 2 is 2.05 bits per heavy atom. The van der Waals surface area contributed by atoms with Crippen LogP contribution in [0.25, 0.3) is 22.1 Å². The Bertz CT molecular complexity index is 891. The van der Waals surface area contributed by atoms with Gasteiger partial charge < -0.3 is 14.9 Å². The topological polar surface area (TPSA) is 71.4 Å². The highest BCUT2D eigenvalue weighted by Crippen LogP contribution is 2.16. The SMILES string of the molecule is c1ccc2c(c1)ccn2CCNc1ncnc2nc[nH]c12. The van der Waals surface area contributed by atoms with Gasteiger partial charge in [-0.05, 0) is 17.5 Å². The molecule has 0 saturated carbocycles. The number of imidazole rings is 1. The van der Waals surface area contributed by atoms with Gasteiger partial charge >= 0.3 is 0 Å². The zero-order valence-corrected chi connectivity index (χ0v) is 11.3. The number of rotatable bonds is 4. The van der Waals surface area contributed by atoms with Crippen molar-refractivity contribution in [3.8, 4) is 0 Å². The van der Waals surface area contributed by atoms with Crippen molar-refractivity contribution in [3.63, 3.8) is 0 Å². The molecule has 3 aromatic heterocycles. The predicted octanol–water partition coefficient (Wildman–Crippen LogP) is 2.42. The van der Waals surface area contributed by atoms with Gasteiger partial charge in [0.15, 0.2) is 11.5 Å². The molecule has 6 heteroatoms. The number of nitrogens with one attached hydrogen (secondary N) is 2. The van der Waals surface area contributed by atoms with Crippen molar-refractivity contribution in [3.05, 3.63) is 49.2 Å². The normalized spacial score (nSPS) is 11.2. The molecule has 0 aliphatic carbocycles. The lowest BCUT2D eigenvalue weighted by Crippen LogP contribution is -2.11. The highest BCUT2D eigenvalue weighted by molar-refractivity contribution is 5.82. The number of hydrogen-bond acceptors (Lipinski definition) is 4. The molecule has 3 heterocycles. The second-order valence-corrected chi connectivity index (χ2v) is 4.82. The third kappa shape index (κ3) is 2.10. The van der Waals surface area contributed by atoms with Crippen LogP contribution in [0.2, 0.25) is 0 Å². The van der Waals surface area contributed by atoms with Gasteiger partial charge in [0.1, 0.15) is 11.8 Å². The number of anilines is 1. The van der Waals surface area contributed by atoms with Crippen LogP contribution in [0.1, 0.15) is 0 Å². The highest BCUT2D eigenvalue weighted by atomic mass is 15.1. The van der Waals surface area contributed by atoms with Crippen LogP contribution >= 0.6 is 0 Å². The average molecular weight is 278 g/mol. The smallest absolute Gasteiger partial charge is 0.182 e. The Labute approximate surface area is 120 Å². The fourth-order valence-corrected chi connectivity index (χ4v) is 2.53. The number of hydrogen-bond donors (Lipinski definition) is 2. The molecule has 21 heavy (non-hydrogen) atoms. The summed E-state index contributed by atoms with van der Waals surface area (Å²) < 4.78 is 2.23. The largest absolute Gasteiger partial charge is 0.366 e. The maximum absolute atomic E-state index is 4.26. The van der Waals surface area contributed by atoms with Crippen molar-refractivity contribution in [2.45, 2.75) is 6.54 Å². The van der Waals surface area contributed by atoms with Crippen molar-refractivity contribution in [2.24, 2.45) is 0 Å². The first-order valence-corrected chi connectivity index (χ1v) is 6.84. The summed E-state index contributed by atoms with van der Waals surface area (Å²) in [5.41, 5.74) is 2.77. The van der Waals surface area contributed by atoms with Gasteiger partial charge in [0.25, 0.3) is 0 Å². The van der Waals surface area contributed by atoms with E-state index in [1.165, 1.54) is 17.2 Å². The molecule has 2 N–H and O–H groups in total. The quantitative estimate of drug-likeness (QED) is 0.601. The molecule has 0 aliphatic rings. The Kier molecular flexibility index (Phi) is 2.77. The van der Waals surface area contributed by atoms with E-state index in [1.54, 1.807) is 6.33 Å². The van der Waals surface area contributed by atoms with Gasteiger partial charge in [0, 0.05) is 24.8 Å². The molecule has 0 aliphatic heterocycles. The van der Waals surface area contributed by atoms with E-state index in [9.17, 15) is 0 Å². The van der Waals surface area contributed by atoms with E-state index in [0.29, 0.717) is 5.65 Å². The molecule has 104 valence electrons. The summed E-state index contributed by atoms with van der Waals surface area (Å²) in [4.78, 5) is 15.5. The third-order valence-corrected chi connectivity index (χ3v) is 3.55.